The lowest BCUT2D eigenvalue weighted by Gasteiger charge is -2.06. The van der Waals surface area contributed by atoms with Crippen LogP contribution < -0.4 is 0 Å². The molecule has 0 saturated carbocycles. The van der Waals surface area contributed by atoms with Crippen LogP contribution in [0.15, 0.2) is 64.2 Å². The maximum absolute atomic E-state index is 10.9. The lowest BCUT2D eigenvalue weighted by Crippen LogP contribution is -2.06. The molecule has 1 N–H and O–H groups in total. The molecule has 6 nitrogen and oxygen atoms in total. The highest BCUT2D eigenvalue weighted by Gasteiger charge is 2.11. The molecule has 33 heavy (non-hydrogen) atoms. The van der Waals surface area contributed by atoms with Crippen LogP contribution in [-0.4, -0.2) is 28.4 Å². The van der Waals surface area contributed by atoms with E-state index in [4.69, 9.17) is 14.4 Å². The third-order valence-corrected chi connectivity index (χ3v) is 5.45. The molecule has 0 fully saturated rings. The number of rotatable bonds is 13. The van der Waals surface area contributed by atoms with Crippen molar-refractivity contribution in [2.45, 2.75) is 58.8 Å². The fourth-order valence-electron chi connectivity index (χ4n) is 3.51. The summed E-state index contributed by atoms with van der Waals surface area (Å²) in [5, 5.41) is 13.2. The molecule has 3 rings (SSSR count). The Balaban J connectivity index is 1.38. The van der Waals surface area contributed by atoms with Crippen LogP contribution in [0.1, 0.15) is 61.1 Å². The monoisotopic (exact) mass is 448 g/mol. The first kappa shape index (κ1) is 24.2. The van der Waals surface area contributed by atoms with Gasteiger partial charge in [-0.3, -0.25) is 4.79 Å². The predicted molar refractivity (Wildman–Crippen MR) is 129 cm³/mol. The lowest BCUT2D eigenvalue weighted by molar-refractivity contribution is -0.136. The van der Waals surface area contributed by atoms with E-state index in [9.17, 15) is 4.79 Å². The highest BCUT2D eigenvalue weighted by Crippen LogP contribution is 2.23. The molecule has 0 radical (unpaired) electrons. The average molecular weight is 449 g/mol. The standard InChI is InChI=1S/C27H32N2O4/c1-20-13-15-23(16-14-20)27-28-24(21(2)33-27)12-8-3-4-9-19-32-29-25(17-18-26(30)31)22-10-6-5-7-11-22/h5-7,10-11,13-16H,3-4,8-9,12,17-19H2,1-2H3,(H,30,31)/b29-25-. The zero-order valence-electron chi connectivity index (χ0n) is 19.4. The summed E-state index contributed by atoms with van der Waals surface area (Å²) in [6.45, 7) is 4.56. The summed E-state index contributed by atoms with van der Waals surface area (Å²) in [6, 6.07) is 17.8. The largest absolute Gasteiger partial charge is 0.481 e. The van der Waals surface area contributed by atoms with Gasteiger partial charge in [-0.25, -0.2) is 4.98 Å². The highest BCUT2D eigenvalue weighted by atomic mass is 16.6. The second-order valence-corrected chi connectivity index (χ2v) is 8.18. The molecular formula is C27H32N2O4. The van der Waals surface area contributed by atoms with Crippen molar-refractivity contribution in [1.29, 1.82) is 0 Å². The molecule has 0 unspecified atom stereocenters. The van der Waals surface area contributed by atoms with Gasteiger partial charge in [0, 0.05) is 12.0 Å². The number of carboxylic acid groups (broad SMARTS) is 1. The Morgan fingerprint density at radius 3 is 2.42 bits per heavy atom. The normalized spacial score (nSPS) is 11.5. The number of oxime groups is 1. The summed E-state index contributed by atoms with van der Waals surface area (Å²) in [5.74, 6) is 0.732. The second kappa shape index (κ2) is 12.6. The first-order valence-corrected chi connectivity index (χ1v) is 11.5. The minimum atomic E-state index is -0.841. The zero-order chi connectivity index (χ0) is 23.5. The van der Waals surface area contributed by atoms with E-state index in [1.54, 1.807) is 0 Å². The molecule has 0 spiro atoms. The minimum Gasteiger partial charge on any atom is -0.481 e. The number of oxazole rings is 1. The van der Waals surface area contributed by atoms with Gasteiger partial charge in [-0.1, -0.05) is 59.6 Å². The van der Waals surface area contributed by atoms with Gasteiger partial charge in [0.1, 0.15) is 12.4 Å². The van der Waals surface area contributed by atoms with Crippen LogP contribution in [-0.2, 0) is 16.1 Å². The third-order valence-electron chi connectivity index (χ3n) is 5.45. The molecule has 0 amide bonds. The van der Waals surface area contributed by atoms with Crippen LogP contribution in [0.2, 0.25) is 0 Å². The number of aryl methyl sites for hydroxylation is 3. The molecule has 3 aromatic rings. The Morgan fingerprint density at radius 2 is 1.70 bits per heavy atom. The molecule has 0 bridgehead atoms. The smallest absolute Gasteiger partial charge is 0.303 e. The van der Waals surface area contributed by atoms with Crippen molar-refractivity contribution in [2.24, 2.45) is 5.16 Å². The number of hydrogen-bond donors (Lipinski definition) is 1. The van der Waals surface area contributed by atoms with E-state index in [1.165, 1.54) is 5.56 Å². The zero-order valence-corrected chi connectivity index (χ0v) is 19.4. The summed E-state index contributed by atoms with van der Waals surface area (Å²) < 4.78 is 5.86. The second-order valence-electron chi connectivity index (χ2n) is 8.18. The molecule has 1 heterocycles. The molecule has 1 aromatic heterocycles. The summed E-state index contributed by atoms with van der Waals surface area (Å²) in [6.07, 6.45) is 5.32. The molecule has 0 aliphatic rings. The maximum atomic E-state index is 10.9. The molecule has 0 aliphatic carbocycles. The van der Waals surface area contributed by atoms with Gasteiger partial charge < -0.3 is 14.4 Å². The first-order chi connectivity index (χ1) is 16.0. The number of aromatic nitrogens is 1. The number of carbonyl (C=O) groups is 1. The summed E-state index contributed by atoms with van der Waals surface area (Å²) >= 11 is 0. The summed E-state index contributed by atoms with van der Waals surface area (Å²) in [5.41, 5.74) is 4.81. The lowest BCUT2D eigenvalue weighted by atomic mass is 10.1. The van der Waals surface area contributed by atoms with E-state index in [0.717, 1.165) is 54.7 Å². The van der Waals surface area contributed by atoms with Gasteiger partial charge >= 0.3 is 5.97 Å². The van der Waals surface area contributed by atoms with Gasteiger partial charge in [0.2, 0.25) is 5.89 Å². The van der Waals surface area contributed by atoms with E-state index < -0.39 is 5.97 Å². The summed E-state index contributed by atoms with van der Waals surface area (Å²) in [4.78, 5) is 21.1. The maximum Gasteiger partial charge on any atom is 0.303 e. The Morgan fingerprint density at radius 1 is 0.970 bits per heavy atom. The Hall–Kier alpha value is -3.41. The van der Waals surface area contributed by atoms with Gasteiger partial charge in [0.15, 0.2) is 0 Å². The van der Waals surface area contributed by atoms with Crippen LogP contribution >= 0.6 is 0 Å². The Kier molecular flexibility index (Phi) is 9.24. The molecule has 2 aromatic carbocycles. The van der Waals surface area contributed by atoms with E-state index in [0.29, 0.717) is 24.6 Å². The van der Waals surface area contributed by atoms with E-state index in [2.05, 4.69) is 29.2 Å². The summed E-state index contributed by atoms with van der Waals surface area (Å²) in [7, 11) is 0. The number of aliphatic carboxylic acids is 1. The number of benzene rings is 2. The first-order valence-electron chi connectivity index (χ1n) is 11.5. The minimum absolute atomic E-state index is 0.0319. The fraction of sp³-hybridized carbons (Fsp3) is 0.370. The van der Waals surface area contributed by atoms with E-state index in [1.807, 2.05) is 49.4 Å². The topological polar surface area (TPSA) is 84.9 Å². The van der Waals surface area contributed by atoms with Gasteiger partial charge in [0.25, 0.3) is 0 Å². The van der Waals surface area contributed by atoms with Crippen molar-refractivity contribution < 1.29 is 19.2 Å². The molecule has 174 valence electrons. The molecule has 6 heteroatoms. The SMILES string of the molecule is Cc1ccc(-c2nc(CCCCCCO/N=C(/CCC(=O)O)c3ccccc3)c(C)o2)cc1. The van der Waals surface area contributed by atoms with E-state index in [-0.39, 0.29) is 6.42 Å². The van der Waals surface area contributed by atoms with Gasteiger partial charge in [0.05, 0.1) is 17.8 Å². The number of carboxylic acids is 1. The third kappa shape index (κ3) is 7.90. The molecular weight excluding hydrogens is 416 g/mol. The predicted octanol–water partition coefficient (Wildman–Crippen LogP) is 6.35. The molecule has 0 saturated heterocycles. The number of unbranched alkanes of at least 4 members (excludes halogenated alkanes) is 3. The van der Waals surface area contributed by atoms with Crippen molar-refractivity contribution in [2.75, 3.05) is 6.61 Å². The van der Waals surface area contributed by atoms with Crippen LogP contribution in [0.25, 0.3) is 11.5 Å². The van der Waals surface area contributed by atoms with Crippen molar-refractivity contribution in [3.63, 3.8) is 0 Å². The fourth-order valence-corrected chi connectivity index (χ4v) is 3.51. The number of hydrogen-bond acceptors (Lipinski definition) is 5. The van der Waals surface area contributed by atoms with Crippen molar-refractivity contribution >= 4 is 11.7 Å². The molecule has 0 atom stereocenters. The highest BCUT2D eigenvalue weighted by molar-refractivity contribution is 6.01. The average Bonchev–Trinajstić information content (AvgIpc) is 3.18. The van der Waals surface area contributed by atoms with Crippen LogP contribution in [0.4, 0.5) is 0 Å². The Labute approximate surface area is 195 Å². The van der Waals surface area contributed by atoms with Gasteiger partial charge in [-0.05, 0) is 57.2 Å². The van der Waals surface area contributed by atoms with Crippen molar-refractivity contribution in [3.8, 4) is 11.5 Å². The number of nitrogens with zero attached hydrogens (tertiary/aromatic N) is 2. The van der Waals surface area contributed by atoms with Gasteiger partial charge in [-0.2, -0.15) is 0 Å². The van der Waals surface area contributed by atoms with Gasteiger partial charge in [-0.15, -0.1) is 0 Å². The van der Waals surface area contributed by atoms with Crippen LogP contribution in [0, 0.1) is 13.8 Å². The van der Waals surface area contributed by atoms with E-state index >= 15 is 0 Å². The van der Waals surface area contributed by atoms with Crippen LogP contribution in [0.3, 0.4) is 0 Å². The van der Waals surface area contributed by atoms with Crippen molar-refractivity contribution in [1.82, 2.24) is 4.98 Å². The molecule has 0 aliphatic heterocycles. The van der Waals surface area contributed by atoms with Crippen molar-refractivity contribution in [3.05, 3.63) is 77.2 Å². The Bertz CT molecular complexity index is 1040. The quantitative estimate of drug-likeness (QED) is 0.187. The van der Waals surface area contributed by atoms with Crippen LogP contribution in [0.5, 0.6) is 0 Å².